The Labute approximate surface area is 117 Å². The Hall–Kier alpha value is -1.03. The molecular weight excluding hydrogens is 308 g/mol. The number of ether oxygens (including phenoxy) is 2. The largest absolute Gasteiger partial charge is 0.465 e. The lowest BCUT2D eigenvalue weighted by Crippen LogP contribution is -2.51. The van der Waals surface area contributed by atoms with Gasteiger partial charge in [-0.25, -0.2) is 0 Å². The molecule has 0 aromatic heterocycles. The third-order valence-electron chi connectivity index (χ3n) is 2.42. The van der Waals surface area contributed by atoms with Crippen LogP contribution < -0.4 is 5.73 Å². The lowest BCUT2D eigenvalue weighted by atomic mass is 9.96. The summed E-state index contributed by atoms with van der Waals surface area (Å²) in [7, 11) is 0. The van der Waals surface area contributed by atoms with Gasteiger partial charge in [0.05, 0.1) is 12.7 Å². The second-order valence-corrected chi connectivity index (χ2v) is 4.75. The van der Waals surface area contributed by atoms with Crippen molar-refractivity contribution in [2.24, 2.45) is 5.73 Å². The second-order valence-electron chi connectivity index (χ2n) is 4.75. The van der Waals surface area contributed by atoms with Gasteiger partial charge in [0.1, 0.15) is 5.54 Å². The smallest absolute Gasteiger partial charge is 0.423 e. The minimum Gasteiger partial charge on any atom is -0.465 e. The average Bonchev–Trinajstić information content (AvgIpc) is 2.22. The third kappa shape index (κ3) is 6.51. The van der Waals surface area contributed by atoms with Gasteiger partial charge in [0.2, 0.25) is 6.10 Å². The molecule has 0 amide bonds. The van der Waals surface area contributed by atoms with Crippen molar-refractivity contribution >= 4 is 5.97 Å². The molecule has 0 aliphatic heterocycles. The van der Waals surface area contributed by atoms with E-state index in [0.29, 0.717) is 0 Å². The Kier molecular flexibility index (Phi) is 6.49. The monoisotopic (exact) mass is 325 g/mol. The number of hydrogen-bond acceptors (Lipinski definition) is 4. The highest BCUT2D eigenvalue weighted by Gasteiger charge is 2.58. The fraction of sp³-hybridized carbons (Fsp3) is 0.909. The van der Waals surface area contributed by atoms with E-state index in [9.17, 15) is 31.1 Å². The Morgan fingerprint density at radius 3 is 1.90 bits per heavy atom. The van der Waals surface area contributed by atoms with Crippen molar-refractivity contribution in [3.63, 3.8) is 0 Å². The van der Waals surface area contributed by atoms with E-state index in [1.54, 1.807) is 0 Å². The lowest BCUT2D eigenvalue weighted by molar-refractivity contribution is -0.330. The maximum absolute atomic E-state index is 12.3. The first-order chi connectivity index (χ1) is 9.21. The molecule has 21 heavy (non-hydrogen) atoms. The summed E-state index contributed by atoms with van der Waals surface area (Å²) in [6, 6.07) is 0. The van der Waals surface area contributed by atoms with Crippen LogP contribution in [-0.2, 0) is 14.3 Å². The fourth-order valence-corrected chi connectivity index (χ4v) is 1.60. The minimum absolute atomic E-state index is 0.0193. The van der Waals surface area contributed by atoms with Crippen LogP contribution in [0.15, 0.2) is 0 Å². The summed E-state index contributed by atoms with van der Waals surface area (Å²) in [5.41, 5.74) is 3.77. The molecule has 2 unspecified atom stereocenters. The van der Waals surface area contributed by atoms with Crippen molar-refractivity contribution in [2.75, 3.05) is 6.61 Å². The zero-order valence-electron chi connectivity index (χ0n) is 11.6. The van der Waals surface area contributed by atoms with Gasteiger partial charge in [-0.3, -0.25) is 4.79 Å². The fourth-order valence-electron chi connectivity index (χ4n) is 1.60. The molecule has 2 atom stereocenters. The van der Waals surface area contributed by atoms with Gasteiger partial charge in [0, 0.05) is 6.42 Å². The Balaban J connectivity index is 4.87. The number of halogens is 6. The van der Waals surface area contributed by atoms with Gasteiger partial charge in [-0.2, -0.15) is 26.3 Å². The van der Waals surface area contributed by atoms with E-state index in [0.717, 1.165) is 13.8 Å². The van der Waals surface area contributed by atoms with Crippen LogP contribution in [0.25, 0.3) is 0 Å². The zero-order chi connectivity index (χ0) is 17.1. The van der Waals surface area contributed by atoms with E-state index >= 15 is 0 Å². The molecule has 0 spiro atoms. The molecule has 0 saturated carbocycles. The van der Waals surface area contributed by atoms with Gasteiger partial charge < -0.3 is 15.2 Å². The summed E-state index contributed by atoms with van der Waals surface area (Å²) in [5, 5.41) is 0. The van der Waals surface area contributed by atoms with Crippen LogP contribution in [0.1, 0.15) is 27.2 Å². The number of carbonyl (C=O) groups excluding carboxylic acids is 1. The second kappa shape index (κ2) is 6.82. The average molecular weight is 325 g/mol. The summed E-state index contributed by atoms with van der Waals surface area (Å²) >= 11 is 0. The minimum atomic E-state index is -5.61. The molecule has 0 aliphatic rings. The molecule has 0 rings (SSSR count). The van der Waals surface area contributed by atoms with Crippen LogP contribution in [0.5, 0.6) is 0 Å². The van der Waals surface area contributed by atoms with E-state index in [4.69, 9.17) is 5.73 Å². The maximum atomic E-state index is 12.3. The highest BCUT2D eigenvalue weighted by Crippen LogP contribution is 2.37. The highest BCUT2D eigenvalue weighted by molar-refractivity contribution is 5.80. The van der Waals surface area contributed by atoms with Crippen LogP contribution >= 0.6 is 0 Å². The Bertz CT molecular complexity index is 339. The summed E-state index contributed by atoms with van der Waals surface area (Å²) in [6.45, 7) is 3.57. The summed E-state index contributed by atoms with van der Waals surface area (Å²) in [4.78, 5) is 11.4. The van der Waals surface area contributed by atoms with E-state index in [2.05, 4.69) is 9.47 Å². The first kappa shape index (κ1) is 20.0. The number of carbonyl (C=O) groups is 1. The molecule has 0 radical (unpaired) electrons. The van der Waals surface area contributed by atoms with Gasteiger partial charge in [0.15, 0.2) is 0 Å². The Morgan fingerprint density at radius 1 is 1.14 bits per heavy atom. The molecule has 0 aromatic carbocycles. The first-order valence-corrected chi connectivity index (χ1v) is 5.96. The van der Waals surface area contributed by atoms with Crippen LogP contribution in [0.4, 0.5) is 26.3 Å². The maximum Gasteiger partial charge on any atom is 0.423 e. The number of alkyl halides is 6. The molecule has 126 valence electrons. The van der Waals surface area contributed by atoms with E-state index in [1.807, 2.05) is 0 Å². The topological polar surface area (TPSA) is 61.5 Å². The van der Waals surface area contributed by atoms with Gasteiger partial charge in [-0.1, -0.05) is 0 Å². The van der Waals surface area contributed by atoms with Gasteiger partial charge in [-0.15, -0.1) is 0 Å². The molecule has 0 saturated heterocycles. The predicted molar refractivity (Wildman–Crippen MR) is 60.3 cm³/mol. The SMILES string of the molecule is CCOC(=O)C(C)(N)CC(C)OC(C(F)(F)F)C(F)(F)F. The standard InChI is InChI=1S/C11H17F6NO3/c1-4-20-8(19)9(3,18)5-6(2)21-7(10(12,13)14)11(15,16)17/h6-7H,4-5,18H2,1-3H3. The molecule has 2 N–H and O–H groups in total. The summed E-state index contributed by atoms with van der Waals surface area (Å²) in [6.07, 6.45) is -17.3. The van der Waals surface area contributed by atoms with Gasteiger partial charge in [-0.05, 0) is 20.8 Å². The lowest BCUT2D eigenvalue weighted by Gasteiger charge is -2.30. The number of nitrogens with two attached hydrogens (primary N) is 1. The van der Waals surface area contributed by atoms with Crippen molar-refractivity contribution in [3.8, 4) is 0 Å². The normalized spacial score (nSPS) is 17.5. The molecule has 4 nitrogen and oxygen atoms in total. The quantitative estimate of drug-likeness (QED) is 0.602. The van der Waals surface area contributed by atoms with Crippen molar-refractivity contribution in [1.29, 1.82) is 0 Å². The predicted octanol–water partition coefficient (Wildman–Crippen LogP) is 2.56. The summed E-state index contributed by atoms with van der Waals surface area (Å²) in [5.74, 6) is -0.934. The van der Waals surface area contributed by atoms with Crippen LogP contribution in [0.3, 0.4) is 0 Å². The number of esters is 1. The van der Waals surface area contributed by atoms with Crippen molar-refractivity contribution in [3.05, 3.63) is 0 Å². The van der Waals surface area contributed by atoms with E-state index < -0.39 is 42.5 Å². The van der Waals surface area contributed by atoms with E-state index in [-0.39, 0.29) is 6.61 Å². The molecule has 0 aromatic rings. The van der Waals surface area contributed by atoms with Crippen molar-refractivity contribution in [1.82, 2.24) is 0 Å². The van der Waals surface area contributed by atoms with Gasteiger partial charge >= 0.3 is 18.3 Å². The van der Waals surface area contributed by atoms with Crippen molar-refractivity contribution in [2.45, 2.75) is 57.3 Å². The molecule has 0 heterocycles. The molecule has 0 aliphatic carbocycles. The van der Waals surface area contributed by atoms with Gasteiger partial charge in [0.25, 0.3) is 0 Å². The summed E-state index contributed by atoms with van der Waals surface area (Å²) < 4.78 is 82.5. The number of hydrogen-bond donors (Lipinski definition) is 1. The van der Waals surface area contributed by atoms with Crippen LogP contribution in [0.2, 0.25) is 0 Å². The third-order valence-corrected chi connectivity index (χ3v) is 2.42. The molecule has 10 heteroatoms. The number of rotatable bonds is 6. The Morgan fingerprint density at radius 2 is 1.57 bits per heavy atom. The van der Waals surface area contributed by atoms with Crippen LogP contribution in [-0.4, -0.2) is 42.7 Å². The molecule has 0 bridgehead atoms. The molecule has 0 fully saturated rings. The van der Waals surface area contributed by atoms with E-state index in [1.165, 1.54) is 6.92 Å². The van der Waals surface area contributed by atoms with Crippen LogP contribution in [0, 0.1) is 0 Å². The highest BCUT2D eigenvalue weighted by atomic mass is 19.4. The zero-order valence-corrected chi connectivity index (χ0v) is 11.6. The first-order valence-electron chi connectivity index (χ1n) is 5.96. The van der Waals surface area contributed by atoms with Crippen molar-refractivity contribution < 1.29 is 40.6 Å². The molecular formula is C11H17F6NO3.